The summed E-state index contributed by atoms with van der Waals surface area (Å²) in [4.78, 5) is 18.0. The Balaban J connectivity index is 1.47. The third-order valence-corrected chi connectivity index (χ3v) is 6.14. The summed E-state index contributed by atoms with van der Waals surface area (Å²) in [6.07, 6.45) is 1.32. The summed E-state index contributed by atoms with van der Waals surface area (Å²) in [7, 11) is 0. The van der Waals surface area contributed by atoms with Crippen LogP contribution in [0.3, 0.4) is 0 Å². The molecule has 2 heterocycles. The van der Waals surface area contributed by atoms with Crippen molar-refractivity contribution in [3.8, 4) is 5.75 Å². The highest BCUT2D eigenvalue weighted by atomic mass is 32.2. The zero-order chi connectivity index (χ0) is 22.6. The van der Waals surface area contributed by atoms with Crippen LogP contribution in [0.5, 0.6) is 5.75 Å². The van der Waals surface area contributed by atoms with Crippen molar-refractivity contribution in [2.75, 3.05) is 5.75 Å². The highest BCUT2D eigenvalue weighted by molar-refractivity contribution is 8.14. The number of nitrogens with zero attached hydrogens (tertiary/aromatic N) is 3. The SMILES string of the molecule is C=CCSC1=NN2C(=c3ccccc3=N[C@H]2c2ccc(OCc3ccccc3)cc2)C(=O)N1. The van der Waals surface area contributed by atoms with Crippen LogP contribution in [-0.2, 0) is 11.4 Å². The normalized spacial score (nSPS) is 16.7. The zero-order valence-electron chi connectivity index (χ0n) is 17.8. The second kappa shape index (κ2) is 9.34. The number of fused-ring (bicyclic) bond motifs is 2. The van der Waals surface area contributed by atoms with E-state index in [1.54, 1.807) is 11.1 Å². The molecule has 3 aromatic rings. The van der Waals surface area contributed by atoms with E-state index in [1.165, 1.54) is 11.8 Å². The lowest BCUT2D eigenvalue weighted by Gasteiger charge is -2.34. The average molecular weight is 455 g/mol. The van der Waals surface area contributed by atoms with Crippen LogP contribution in [0.2, 0.25) is 0 Å². The molecular weight excluding hydrogens is 432 g/mol. The number of para-hydroxylation sites is 1. The van der Waals surface area contributed by atoms with E-state index < -0.39 is 6.17 Å². The van der Waals surface area contributed by atoms with Crippen molar-refractivity contribution in [3.05, 3.63) is 113 Å². The molecule has 0 saturated heterocycles. The van der Waals surface area contributed by atoms with Gasteiger partial charge in [0, 0.05) is 11.0 Å². The number of carbonyl (C=O) groups is 1. The molecule has 6 nitrogen and oxygen atoms in total. The Bertz CT molecular complexity index is 1340. The topological polar surface area (TPSA) is 66.3 Å². The van der Waals surface area contributed by atoms with Gasteiger partial charge in [-0.05, 0) is 29.3 Å². The predicted molar refractivity (Wildman–Crippen MR) is 131 cm³/mol. The van der Waals surface area contributed by atoms with Crippen molar-refractivity contribution >= 4 is 28.5 Å². The lowest BCUT2D eigenvalue weighted by molar-refractivity contribution is -0.116. The van der Waals surface area contributed by atoms with E-state index >= 15 is 0 Å². The third-order valence-electron chi connectivity index (χ3n) is 5.28. The molecule has 0 aromatic heterocycles. The van der Waals surface area contributed by atoms with Gasteiger partial charge in [-0.25, -0.2) is 5.01 Å². The largest absolute Gasteiger partial charge is 0.489 e. The van der Waals surface area contributed by atoms with Crippen molar-refractivity contribution in [1.29, 1.82) is 0 Å². The first-order chi connectivity index (χ1) is 16.2. The van der Waals surface area contributed by atoms with Gasteiger partial charge in [-0.2, -0.15) is 0 Å². The molecule has 1 N–H and O–H groups in total. The molecule has 0 radical (unpaired) electrons. The molecule has 5 rings (SSSR count). The molecule has 2 aliphatic rings. The summed E-state index contributed by atoms with van der Waals surface area (Å²) in [6, 6.07) is 25.5. The highest BCUT2D eigenvalue weighted by Gasteiger charge is 2.34. The van der Waals surface area contributed by atoms with Crippen molar-refractivity contribution in [1.82, 2.24) is 10.3 Å². The number of rotatable bonds is 6. The third kappa shape index (κ3) is 4.40. The van der Waals surface area contributed by atoms with Crippen LogP contribution < -0.4 is 20.6 Å². The second-order valence-electron chi connectivity index (χ2n) is 7.52. The molecule has 7 heteroatoms. The number of amidine groups is 1. The molecule has 0 bridgehead atoms. The van der Waals surface area contributed by atoms with E-state index in [4.69, 9.17) is 14.8 Å². The monoisotopic (exact) mass is 454 g/mol. The van der Waals surface area contributed by atoms with Gasteiger partial charge in [-0.1, -0.05) is 78.5 Å². The van der Waals surface area contributed by atoms with E-state index in [0.29, 0.717) is 23.2 Å². The number of thioether (sulfide) groups is 1. The number of hydrogen-bond donors (Lipinski definition) is 1. The summed E-state index contributed by atoms with van der Waals surface area (Å²) >= 11 is 1.43. The molecule has 0 saturated carbocycles. The predicted octanol–water partition coefficient (Wildman–Crippen LogP) is 3.33. The minimum Gasteiger partial charge on any atom is -0.489 e. The number of carbonyl (C=O) groups excluding carboxylic acids is 1. The standard InChI is InChI=1S/C26H22N4O2S/c1-2-16-33-26-28-25(31)23-21-10-6-7-11-22(21)27-24(30(23)29-26)19-12-14-20(15-13-19)32-17-18-8-4-3-5-9-18/h2-15,24H,1,16-17H2,(H,28,29,31)/t24-/m1/s1. The number of amides is 1. The first-order valence-corrected chi connectivity index (χ1v) is 11.6. The van der Waals surface area contributed by atoms with Crippen LogP contribution in [0.15, 0.2) is 102 Å². The maximum Gasteiger partial charge on any atom is 0.276 e. The van der Waals surface area contributed by atoms with E-state index in [0.717, 1.165) is 27.5 Å². The first kappa shape index (κ1) is 21.0. The Morgan fingerprint density at radius 3 is 2.58 bits per heavy atom. The molecule has 33 heavy (non-hydrogen) atoms. The Kier molecular flexibility index (Phi) is 5.95. The Morgan fingerprint density at radius 1 is 1.03 bits per heavy atom. The summed E-state index contributed by atoms with van der Waals surface area (Å²) < 4.78 is 5.92. The van der Waals surface area contributed by atoms with Crippen LogP contribution in [0.1, 0.15) is 17.3 Å². The molecule has 0 unspecified atom stereocenters. The Hall–Kier alpha value is -3.84. The second-order valence-corrected chi connectivity index (χ2v) is 8.52. The lowest BCUT2D eigenvalue weighted by Crippen LogP contribution is -2.50. The minimum atomic E-state index is -0.455. The van der Waals surface area contributed by atoms with E-state index in [2.05, 4.69) is 11.9 Å². The van der Waals surface area contributed by atoms with Crippen molar-refractivity contribution in [3.63, 3.8) is 0 Å². The van der Waals surface area contributed by atoms with Crippen LogP contribution in [0, 0.1) is 0 Å². The van der Waals surface area contributed by atoms with Crippen LogP contribution in [0.4, 0.5) is 0 Å². The summed E-state index contributed by atoms with van der Waals surface area (Å²) in [5, 5.41) is 11.4. The zero-order valence-corrected chi connectivity index (χ0v) is 18.7. The number of ether oxygens (including phenoxy) is 1. The fourth-order valence-electron chi connectivity index (χ4n) is 3.72. The lowest BCUT2D eigenvalue weighted by atomic mass is 10.1. The molecule has 0 spiro atoms. The van der Waals surface area contributed by atoms with E-state index in [1.807, 2.05) is 78.9 Å². The number of benzene rings is 3. The quantitative estimate of drug-likeness (QED) is 0.581. The molecule has 1 atom stereocenters. The van der Waals surface area contributed by atoms with Gasteiger partial charge < -0.3 is 4.74 Å². The smallest absolute Gasteiger partial charge is 0.276 e. The Labute approximate surface area is 196 Å². The number of hydrogen-bond acceptors (Lipinski definition) is 6. The van der Waals surface area contributed by atoms with Crippen LogP contribution >= 0.6 is 11.8 Å². The average Bonchev–Trinajstić information content (AvgIpc) is 2.86. The fraction of sp³-hybridized carbons (Fsp3) is 0.115. The van der Waals surface area contributed by atoms with Crippen LogP contribution in [0.25, 0.3) is 5.70 Å². The molecular formula is C26H22N4O2S. The minimum absolute atomic E-state index is 0.188. The molecule has 0 aliphatic carbocycles. The fourth-order valence-corrected chi connectivity index (χ4v) is 4.31. The molecule has 3 aromatic carbocycles. The first-order valence-electron chi connectivity index (χ1n) is 10.6. The van der Waals surface area contributed by atoms with Gasteiger partial charge in [-0.3, -0.25) is 15.1 Å². The maximum absolute atomic E-state index is 13.0. The summed E-state index contributed by atoms with van der Waals surface area (Å²) in [6.45, 7) is 4.24. The molecule has 1 amide bonds. The molecule has 2 aliphatic heterocycles. The highest BCUT2D eigenvalue weighted by Crippen LogP contribution is 2.31. The van der Waals surface area contributed by atoms with Gasteiger partial charge in [0.2, 0.25) is 0 Å². The number of hydrazone groups is 1. The van der Waals surface area contributed by atoms with Crippen LogP contribution in [-0.4, -0.2) is 21.8 Å². The van der Waals surface area contributed by atoms with Gasteiger partial charge >= 0.3 is 0 Å². The Morgan fingerprint density at radius 2 is 1.79 bits per heavy atom. The van der Waals surface area contributed by atoms with Gasteiger partial charge in [0.15, 0.2) is 11.3 Å². The van der Waals surface area contributed by atoms with Gasteiger partial charge in [-0.15, -0.1) is 11.7 Å². The van der Waals surface area contributed by atoms with Crippen molar-refractivity contribution in [2.45, 2.75) is 12.8 Å². The summed E-state index contributed by atoms with van der Waals surface area (Å²) in [5.41, 5.74) is 2.52. The van der Waals surface area contributed by atoms with Crippen molar-refractivity contribution in [2.24, 2.45) is 10.1 Å². The van der Waals surface area contributed by atoms with Crippen molar-refractivity contribution < 1.29 is 9.53 Å². The summed E-state index contributed by atoms with van der Waals surface area (Å²) in [5.74, 6) is 1.23. The van der Waals surface area contributed by atoms with Gasteiger partial charge in [0.1, 0.15) is 18.1 Å². The van der Waals surface area contributed by atoms with Gasteiger partial charge in [0.25, 0.3) is 5.91 Å². The maximum atomic E-state index is 13.0. The van der Waals surface area contributed by atoms with E-state index in [9.17, 15) is 4.79 Å². The molecule has 0 fully saturated rings. The van der Waals surface area contributed by atoms with Gasteiger partial charge in [0.05, 0.1) is 5.36 Å². The van der Waals surface area contributed by atoms with E-state index in [-0.39, 0.29) is 5.91 Å². The molecule has 164 valence electrons. The number of nitrogens with one attached hydrogen (secondary N) is 1.